The standard InChI is InChI=1S/C21H32N2O3/c1-7-9-21(6,8-2)19-14(3)10-17(11-15(19)4)23-13-18(26-20(23)25)12-22-16(5)24/h10-11,18H,7-9,12-13H2,1-6H3,(H,22,24)/p-1. The highest BCUT2D eigenvalue weighted by atomic mass is 16.6. The van der Waals surface area contributed by atoms with Gasteiger partial charge in [0.1, 0.15) is 6.10 Å². The Morgan fingerprint density at radius 1 is 1.35 bits per heavy atom. The second-order valence-electron chi connectivity index (χ2n) is 7.59. The Hall–Kier alpha value is -2.04. The molecule has 1 aliphatic rings. The predicted octanol–water partition coefficient (Wildman–Crippen LogP) is 3.88. The van der Waals surface area contributed by atoms with Crippen LogP contribution in [0.5, 0.6) is 0 Å². The molecule has 1 aromatic carbocycles. The first kappa shape index (κ1) is 20.3. The smallest absolute Gasteiger partial charge is 0.414 e. The summed E-state index contributed by atoms with van der Waals surface area (Å²) in [6.07, 6.45) is 2.64. The Balaban J connectivity index is 2.30. The van der Waals surface area contributed by atoms with Crippen LogP contribution in [-0.2, 0) is 10.2 Å². The van der Waals surface area contributed by atoms with Crippen molar-refractivity contribution in [1.29, 1.82) is 0 Å². The second kappa shape index (κ2) is 8.11. The van der Waals surface area contributed by atoms with E-state index in [0.29, 0.717) is 6.54 Å². The minimum Gasteiger partial charge on any atom is -0.862 e. The summed E-state index contributed by atoms with van der Waals surface area (Å²) in [5.41, 5.74) is 4.82. The lowest BCUT2D eigenvalue weighted by Crippen LogP contribution is -2.27. The molecule has 2 unspecified atom stereocenters. The molecule has 0 aliphatic carbocycles. The number of hydrogen-bond acceptors (Lipinski definition) is 4. The molecule has 0 N–H and O–H groups in total. The molecule has 0 spiro atoms. The van der Waals surface area contributed by atoms with Crippen LogP contribution in [0.15, 0.2) is 17.1 Å². The molecule has 1 aliphatic heterocycles. The Morgan fingerprint density at radius 3 is 2.46 bits per heavy atom. The van der Waals surface area contributed by atoms with Gasteiger partial charge in [0, 0.05) is 5.69 Å². The van der Waals surface area contributed by atoms with Gasteiger partial charge in [0.2, 0.25) is 0 Å². The Labute approximate surface area is 157 Å². The van der Waals surface area contributed by atoms with Gasteiger partial charge < -0.3 is 14.8 Å². The molecule has 26 heavy (non-hydrogen) atoms. The van der Waals surface area contributed by atoms with Crippen LogP contribution in [-0.4, -0.2) is 31.2 Å². The van der Waals surface area contributed by atoms with Gasteiger partial charge in [0.25, 0.3) is 0 Å². The summed E-state index contributed by atoms with van der Waals surface area (Å²) in [6, 6.07) is 4.16. The summed E-state index contributed by atoms with van der Waals surface area (Å²) < 4.78 is 5.36. The molecular weight excluding hydrogens is 328 g/mol. The SMILES string of the molecule is CCCC(C)(CC)c1c(C)cc(N2CC(CN=C(C)[O-])OC2=O)cc1C. The van der Waals surface area contributed by atoms with Crippen molar-refractivity contribution in [2.75, 3.05) is 18.0 Å². The molecule has 2 atom stereocenters. The summed E-state index contributed by atoms with van der Waals surface area (Å²) in [7, 11) is 0. The number of aliphatic imine (C=N–C) groups is 1. The van der Waals surface area contributed by atoms with E-state index in [-0.39, 0.29) is 30.1 Å². The molecule has 1 fully saturated rings. The number of nitrogens with zero attached hydrogens (tertiary/aromatic N) is 2. The minimum atomic E-state index is -0.368. The van der Waals surface area contributed by atoms with Crippen molar-refractivity contribution >= 4 is 17.7 Å². The number of hydrogen-bond donors (Lipinski definition) is 0. The lowest BCUT2D eigenvalue weighted by atomic mass is 9.73. The zero-order valence-corrected chi connectivity index (χ0v) is 16.9. The molecule has 5 heteroatoms. The van der Waals surface area contributed by atoms with E-state index in [0.717, 1.165) is 24.9 Å². The fourth-order valence-corrected chi connectivity index (χ4v) is 4.14. The minimum absolute atomic E-state index is 0.149. The highest BCUT2D eigenvalue weighted by molar-refractivity contribution is 5.90. The average Bonchev–Trinajstić information content (AvgIpc) is 2.93. The largest absolute Gasteiger partial charge is 0.862 e. The molecule has 0 bridgehead atoms. The van der Waals surface area contributed by atoms with Crippen molar-refractivity contribution in [2.24, 2.45) is 4.99 Å². The van der Waals surface area contributed by atoms with Gasteiger partial charge in [-0.3, -0.25) is 4.90 Å². The normalized spacial score (nSPS) is 20.2. The van der Waals surface area contributed by atoms with Crippen molar-refractivity contribution in [3.8, 4) is 0 Å². The predicted molar refractivity (Wildman–Crippen MR) is 104 cm³/mol. The van der Waals surface area contributed by atoms with Gasteiger partial charge in [0.15, 0.2) is 0 Å². The van der Waals surface area contributed by atoms with E-state index < -0.39 is 0 Å². The Kier molecular flexibility index (Phi) is 6.32. The van der Waals surface area contributed by atoms with Gasteiger partial charge >= 0.3 is 6.09 Å². The van der Waals surface area contributed by atoms with Gasteiger partial charge in [-0.05, 0) is 73.7 Å². The third kappa shape index (κ3) is 4.19. The first-order valence-electron chi connectivity index (χ1n) is 9.49. The highest BCUT2D eigenvalue weighted by Gasteiger charge is 2.34. The van der Waals surface area contributed by atoms with Gasteiger partial charge in [-0.2, -0.15) is 0 Å². The number of carbonyl (C=O) groups excluding carboxylic acids is 1. The number of anilines is 1. The molecule has 0 aromatic heterocycles. The molecule has 1 amide bonds. The van der Waals surface area contributed by atoms with E-state index in [1.807, 2.05) is 0 Å². The molecule has 5 nitrogen and oxygen atoms in total. The number of benzene rings is 1. The van der Waals surface area contributed by atoms with Gasteiger partial charge in [-0.25, -0.2) is 4.79 Å². The zero-order chi connectivity index (χ0) is 19.5. The van der Waals surface area contributed by atoms with Crippen LogP contribution in [0.4, 0.5) is 10.5 Å². The highest BCUT2D eigenvalue weighted by Crippen LogP contribution is 2.39. The fourth-order valence-electron chi connectivity index (χ4n) is 4.14. The maximum Gasteiger partial charge on any atom is 0.414 e. The number of aryl methyl sites for hydroxylation is 2. The van der Waals surface area contributed by atoms with E-state index in [9.17, 15) is 9.90 Å². The third-order valence-corrected chi connectivity index (χ3v) is 5.41. The third-order valence-electron chi connectivity index (χ3n) is 5.41. The van der Waals surface area contributed by atoms with E-state index in [4.69, 9.17) is 4.74 Å². The van der Waals surface area contributed by atoms with E-state index in [1.54, 1.807) is 4.90 Å². The van der Waals surface area contributed by atoms with Crippen molar-refractivity contribution in [3.05, 3.63) is 28.8 Å². The van der Waals surface area contributed by atoms with Crippen LogP contribution >= 0.6 is 0 Å². The maximum atomic E-state index is 12.3. The van der Waals surface area contributed by atoms with Crippen LogP contribution in [0.2, 0.25) is 0 Å². The topological polar surface area (TPSA) is 65.0 Å². The van der Waals surface area contributed by atoms with Crippen LogP contribution in [0, 0.1) is 13.8 Å². The van der Waals surface area contributed by atoms with Gasteiger partial charge in [-0.15, -0.1) is 0 Å². The lowest BCUT2D eigenvalue weighted by Gasteiger charge is -2.33. The Bertz CT molecular complexity index is 671. The van der Waals surface area contributed by atoms with Crippen LogP contribution < -0.4 is 10.0 Å². The average molecular weight is 359 g/mol. The van der Waals surface area contributed by atoms with Crippen LogP contribution in [0.3, 0.4) is 0 Å². The van der Waals surface area contributed by atoms with Gasteiger partial charge in [-0.1, -0.05) is 27.2 Å². The molecule has 1 heterocycles. The van der Waals surface area contributed by atoms with Crippen molar-refractivity contribution < 1.29 is 14.6 Å². The molecule has 0 radical (unpaired) electrons. The summed E-state index contributed by atoms with van der Waals surface area (Å²) >= 11 is 0. The van der Waals surface area contributed by atoms with Crippen LogP contribution in [0.25, 0.3) is 0 Å². The lowest BCUT2D eigenvalue weighted by molar-refractivity contribution is -0.216. The van der Waals surface area contributed by atoms with Crippen LogP contribution in [0.1, 0.15) is 63.6 Å². The molecule has 1 aromatic rings. The maximum absolute atomic E-state index is 12.3. The monoisotopic (exact) mass is 359 g/mol. The number of ether oxygens (including phenoxy) is 1. The fraction of sp³-hybridized carbons (Fsp3) is 0.619. The van der Waals surface area contributed by atoms with E-state index >= 15 is 0 Å². The molecule has 1 saturated heterocycles. The summed E-state index contributed by atoms with van der Waals surface area (Å²) in [5.74, 6) is -0.245. The Morgan fingerprint density at radius 2 is 1.96 bits per heavy atom. The number of amides is 1. The van der Waals surface area contributed by atoms with E-state index in [1.165, 1.54) is 23.6 Å². The summed E-state index contributed by atoms with van der Waals surface area (Å²) in [6.45, 7) is 13.1. The first-order chi connectivity index (χ1) is 12.2. The molecule has 0 saturated carbocycles. The molecule has 2 rings (SSSR count). The van der Waals surface area contributed by atoms with Gasteiger partial charge in [0.05, 0.1) is 13.1 Å². The summed E-state index contributed by atoms with van der Waals surface area (Å²) in [4.78, 5) is 17.8. The molecule has 144 valence electrons. The number of carbonyl (C=O) groups is 1. The van der Waals surface area contributed by atoms with Crippen molar-refractivity contribution in [2.45, 2.75) is 72.3 Å². The first-order valence-corrected chi connectivity index (χ1v) is 9.49. The number of rotatable bonds is 7. The quantitative estimate of drug-likeness (QED) is 0.548. The van der Waals surface area contributed by atoms with Crippen molar-refractivity contribution in [3.63, 3.8) is 0 Å². The summed E-state index contributed by atoms with van der Waals surface area (Å²) in [5, 5.41) is 11.0. The zero-order valence-electron chi connectivity index (χ0n) is 16.9. The second-order valence-corrected chi connectivity index (χ2v) is 7.59. The molecular formula is C21H31N2O3-. The van der Waals surface area contributed by atoms with Crippen molar-refractivity contribution in [1.82, 2.24) is 0 Å². The number of cyclic esters (lactones) is 1. The van der Waals surface area contributed by atoms with E-state index in [2.05, 4.69) is 51.7 Å².